The number of rotatable bonds is 7. The molecule has 1 aromatic carbocycles. The van der Waals surface area contributed by atoms with Crippen LogP contribution >= 0.6 is 0 Å². The van der Waals surface area contributed by atoms with Crippen molar-refractivity contribution in [2.45, 2.75) is 58.7 Å². The minimum absolute atomic E-state index is 0.0159. The van der Waals surface area contributed by atoms with Gasteiger partial charge in [-0.25, -0.2) is 9.97 Å². The average Bonchev–Trinajstić information content (AvgIpc) is 2.76. The highest BCUT2D eigenvalue weighted by atomic mass is 16.5. The first-order chi connectivity index (χ1) is 14.5. The van der Waals surface area contributed by atoms with Crippen LogP contribution in [-0.4, -0.2) is 45.9 Å². The third-order valence-corrected chi connectivity index (χ3v) is 5.16. The third-order valence-electron chi connectivity index (χ3n) is 5.16. The number of piperidine rings is 1. The summed E-state index contributed by atoms with van der Waals surface area (Å²) in [7, 11) is 0. The van der Waals surface area contributed by atoms with Crippen molar-refractivity contribution in [3.05, 3.63) is 59.2 Å². The maximum Gasteiger partial charge on any atom is 0.255 e. The Labute approximate surface area is 177 Å². The second-order valence-corrected chi connectivity index (χ2v) is 7.84. The Kier molecular flexibility index (Phi) is 7.52. The van der Waals surface area contributed by atoms with E-state index in [0.717, 1.165) is 24.8 Å². The van der Waals surface area contributed by atoms with E-state index in [9.17, 15) is 9.59 Å². The molecule has 0 aliphatic carbocycles. The molecule has 2 heterocycles. The van der Waals surface area contributed by atoms with Gasteiger partial charge in [0.05, 0.1) is 23.4 Å². The maximum absolute atomic E-state index is 13.0. The molecule has 2 amide bonds. The zero-order valence-electron chi connectivity index (χ0n) is 17.9. The fraction of sp³-hybridized carbons (Fsp3) is 0.478. The number of likely N-dealkylation sites (tertiary alicyclic amines) is 1. The zero-order chi connectivity index (χ0) is 21.5. The topological polar surface area (TPSA) is 84.4 Å². The molecule has 1 fully saturated rings. The Hall–Kier alpha value is -2.80. The predicted molar refractivity (Wildman–Crippen MR) is 114 cm³/mol. The van der Waals surface area contributed by atoms with Crippen LogP contribution in [0.4, 0.5) is 0 Å². The van der Waals surface area contributed by atoms with Crippen molar-refractivity contribution in [2.24, 2.45) is 0 Å². The van der Waals surface area contributed by atoms with Crippen molar-refractivity contribution in [3.8, 4) is 0 Å². The summed E-state index contributed by atoms with van der Waals surface area (Å²) in [6, 6.07) is 9.49. The van der Waals surface area contributed by atoms with Gasteiger partial charge in [-0.05, 0) is 45.6 Å². The Morgan fingerprint density at radius 1 is 1.23 bits per heavy atom. The van der Waals surface area contributed by atoms with Gasteiger partial charge in [0.2, 0.25) is 5.91 Å². The molecular weight excluding hydrogens is 380 g/mol. The highest BCUT2D eigenvalue weighted by Crippen LogP contribution is 2.32. The summed E-state index contributed by atoms with van der Waals surface area (Å²) in [4.78, 5) is 36.4. The quantitative estimate of drug-likeness (QED) is 0.758. The predicted octanol–water partition coefficient (Wildman–Crippen LogP) is 3.19. The summed E-state index contributed by atoms with van der Waals surface area (Å²) in [6.07, 6.45) is 4.23. The second kappa shape index (κ2) is 10.3. The number of benzene rings is 1. The van der Waals surface area contributed by atoms with Gasteiger partial charge in [-0.2, -0.15) is 0 Å². The number of hydrogen-bond donors (Lipinski definition) is 1. The molecule has 3 rings (SSSR count). The second-order valence-electron chi connectivity index (χ2n) is 7.84. The van der Waals surface area contributed by atoms with Gasteiger partial charge >= 0.3 is 0 Å². The van der Waals surface area contributed by atoms with E-state index in [1.807, 2.05) is 49.1 Å². The third kappa shape index (κ3) is 5.63. The molecule has 1 N–H and O–H groups in total. The molecule has 1 aliphatic heterocycles. The number of carbonyl (C=O) groups is 2. The lowest BCUT2D eigenvalue weighted by atomic mass is 9.96. The number of amides is 2. The van der Waals surface area contributed by atoms with E-state index >= 15 is 0 Å². The number of hydrogen-bond acceptors (Lipinski definition) is 5. The van der Waals surface area contributed by atoms with E-state index in [1.54, 1.807) is 13.1 Å². The molecule has 0 radical (unpaired) electrons. The van der Waals surface area contributed by atoms with Gasteiger partial charge in [0.1, 0.15) is 12.4 Å². The van der Waals surface area contributed by atoms with Crippen LogP contribution in [0.5, 0.6) is 0 Å². The van der Waals surface area contributed by atoms with Crippen LogP contribution in [0.15, 0.2) is 36.5 Å². The van der Waals surface area contributed by atoms with Crippen molar-refractivity contribution in [3.63, 3.8) is 0 Å². The molecule has 1 atom stereocenters. The first-order valence-corrected chi connectivity index (χ1v) is 10.5. The minimum atomic E-state index is -0.249. The summed E-state index contributed by atoms with van der Waals surface area (Å²) in [5.41, 5.74) is 2.05. The van der Waals surface area contributed by atoms with Crippen LogP contribution in [0.3, 0.4) is 0 Å². The number of aryl methyl sites for hydroxylation is 1. The van der Waals surface area contributed by atoms with Crippen LogP contribution in [0.2, 0.25) is 0 Å². The Morgan fingerprint density at radius 3 is 2.73 bits per heavy atom. The van der Waals surface area contributed by atoms with E-state index in [-0.39, 0.29) is 30.6 Å². The van der Waals surface area contributed by atoms with Gasteiger partial charge in [0, 0.05) is 19.3 Å². The van der Waals surface area contributed by atoms with Gasteiger partial charge < -0.3 is 15.0 Å². The number of carbonyl (C=O) groups excluding carboxylic acids is 2. The first-order valence-electron chi connectivity index (χ1n) is 10.5. The lowest BCUT2D eigenvalue weighted by Gasteiger charge is -2.36. The van der Waals surface area contributed by atoms with E-state index < -0.39 is 0 Å². The van der Waals surface area contributed by atoms with Crippen molar-refractivity contribution in [1.82, 2.24) is 20.2 Å². The Balaban J connectivity index is 1.81. The molecule has 0 saturated carbocycles. The molecular formula is C23H30N4O3. The van der Waals surface area contributed by atoms with E-state index in [4.69, 9.17) is 4.74 Å². The van der Waals surface area contributed by atoms with Gasteiger partial charge in [-0.3, -0.25) is 9.59 Å². The largest absolute Gasteiger partial charge is 0.369 e. The van der Waals surface area contributed by atoms with Gasteiger partial charge in [-0.1, -0.05) is 30.3 Å². The molecule has 1 aromatic heterocycles. The summed E-state index contributed by atoms with van der Waals surface area (Å²) in [6.45, 7) is 6.70. The zero-order valence-corrected chi connectivity index (χ0v) is 17.9. The molecule has 1 aliphatic rings. The van der Waals surface area contributed by atoms with Crippen LogP contribution < -0.4 is 5.32 Å². The SMILES string of the molecule is Cc1ncc(C(=O)NCc2ccccc2)c(C2CCCCN2C(=O)COC(C)C)n1. The minimum Gasteiger partial charge on any atom is -0.369 e. The van der Waals surface area contributed by atoms with Crippen molar-refractivity contribution < 1.29 is 14.3 Å². The van der Waals surface area contributed by atoms with Crippen molar-refractivity contribution in [2.75, 3.05) is 13.2 Å². The van der Waals surface area contributed by atoms with E-state index in [0.29, 0.717) is 30.2 Å². The Bertz CT molecular complexity index is 870. The van der Waals surface area contributed by atoms with Gasteiger partial charge in [0.15, 0.2) is 0 Å². The standard InChI is InChI=1S/C23H30N4O3/c1-16(2)30-15-21(28)27-12-8-7-11-20(27)22-19(14-24-17(3)26-22)23(29)25-13-18-9-5-4-6-10-18/h4-6,9-10,14,16,20H,7-8,11-13,15H2,1-3H3,(H,25,29). The number of nitrogens with zero attached hydrogens (tertiary/aromatic N) is 3. The van der Waals surface area contributed by atoms with E-state index in [1.165, 1.54) is 0 Å². The Morgan fingerprint density at radius 2 is 2.00 bits per heavy atom. The molecule has 1 saturated heterocycles. The number of ether oxygens (including phenoxy) is 1. The first kappa shape index (κ1) is 21.9. The van der Waals surface area contributed by atoms with Gasteiger partial charge in [-0.15, -0.1) is 0 Å². The highest BCUT2D eigenvalue weighted by molar-refractivity contribution is 5.95. The van der Waals surface area contributed by atoms with E-state index in [2.05, 4.69) is 15.3 Å². The molecule has 1 unspecified atom stereocenters. The van der Waals surface area contributed by atoms with Crippen molar-refractivity contribution in [1.29, 1.82) is 0 Å². The highest BCUT2D eigenvalue weighted by Gasteiger charge is 2.32. The summed E-state index contributed by atoms with van der Waals surface area (Å²) >= 11 is 0. The number of nitrogens with one attached hydrogen (secondary N) is 1. The smallest absolute Gasteiger partial charge is 0.255 e. The van der Waals surface area contributed by atoms with Gasteiger partial charge in [0.25, 0.3) is 5.91 Å². The van der Waals surface area contributed by atoms with Crippen molar-refractivity contribution >= 4 is 11.8 Å². The fourth-order valence-corrected chi connectivity index (χ4v) is 3.63. The molecule has 30 heavy (non-hydrogen) atoms. The maximum atomic E-state index is 13.0. The monoisotopic (exact) mass is 410 g/mol. The normalized spacial score (nSPS) is 16.5. The number of aromatic nitrogens is 2. The molecule has 0 bridgehead atoms. The molecule has 2 aromatic rings. The lowest BCUT2D eigenvalue weighted by molar-refractivity contribution is -0.141. The molecule has 160 valence electrons. The van der Waals surface area contributed by atoms with Crippen LogP contribution in [-0.2, 0) is 16.1 Å². The summed E-state index contributed by atoms with van der Waals surface area (Å²) in [5, 5.41) is 2.95. The lowest BCUT2D eigenvalue weighted by Crippen LogP contribution is -2.42. The fourth-order valence-electron chi connectivity index (χ4n) is 3.63. The summed E-state index contributed by atoms with van der Waals surface area (Å²) < 4.78 is 5.53. The van der Waals surface area contributed by atoms with Crippen LogP contribution in [0.1, 0.15) is 66.6 Å². The summed E-state index contributed by atoms with van der Waals surface area (Å²) in [5.74, 6) is 0.284. The van der Waals surface area contributed by atoms with Crippen LogP contribution in [0, 0.1) is 6.92 Å². The van der Waals surface area contributed by atoms with Crippen LogP contribution in [0.25, 0.3) is 0 Å². The average molecular weight is 411 g/mol. The molecule has 7 heteroatoms. The molecule has 0 spiro atoms. The molecule has 7 nitrogen and oxygen atoms in total.